The predicted molar refractivity (Wildman–Crippen MR) is 123 cm³/mol. The van der Waals surface area contributed by atoms with Gasteiger partial charge in [-0.05, 0) is 60.0 Å². The molecule has 1 atom stereocenters. The third kappa shape index (κ3) is 5.05. The van der Waals surface area contributed by atoms with Gasteiger partial charge in [-0.2, -0.15) is 0 Å². The van der Waals surface area contributed by atoms with Crippen molar-refractivity contribution in [2.45, 2.75) is 25.9 Å². The number of hydrogen-bond donors (Lipinski definition) is 2. The molecule has 2 aromatic carbocycles. The summed E-state index contributed by atoms with van der Waals surface area (Å²) in [5.74, 6) is 1.76. The number of rotatable bonds is 6. The van der Waals surface area contributed by atoms with Crippen molar-refractivity contribution in [3.8, 4) is 5.75 Å². The lowest BCUT2D eigenvalue weighted by molar-refractivity contribution is 0.415. The van der Waals surface area contributed by atoms with E-state index in [-0.39, 0.29) is 11.9 Å². The molecular weight excluding hydrogens is 393 g/mol. The molecule has 31 heavy (non-hydrogen) atoms. The van der Waals surface area contributed by atoms with Gasteiger partial charge in [-0.1, -0.05) is 18.2 Å². The lowest BCUT2D eigenvalue weighted by Gasteiger charge is -2.20. The Hall–Kier alpha value is -3.35. The highest BCUT2D eigenvalue weighted by molar-refractivity contribution is 5.85. The van der Waals surface area contributed by atoms with Gasteiger partial charge < -0.3 is 20.3 Å². The molecule has 3 aromatic rings. The summed E-state index contributed by atoms with van der Waals surface area (Å²) in [5.41, 5.74) is 1.14. The van der Waals surface area contributed by atoms with E-state index in [9.17, 15) is 4.39 Å². The van der Waals surface area contributed by atoms with E-state index < -0.39 is 0 Å². The van der Waals surface area contributed by atoms with E-state index in [0.717, 1.165) is 47.6 Å². The third-order valence-electron chi connectivity index (χ3n) is 5.44. The molecule has 4 rings (SSSR count). The van der Waals surface area contributed by atoms with Crippen molar-refractivity contribution >= 4 is 22.5 Å². The number of anilines is 1. The molecule has 0 radical (unpaired) electrons. The van der Waals surface area contributed by atoms with Gasteiger partial charge in [0.15, 0.2) is 17.6 Å². The van der Waals surface area contributed by atoms with E-state index in [2.05, 4.69) is 39.9 Å². The van der Waals surface area contributed by atoms with E-state index >= 15 is 0 Å². The summed E-state index contributed by atoms with van der Waals surface area (Å²) in [6.07, 6.45) is 2.53. The first-order chi connectivity index (χ1) is 15.2. The number of fused-ring (bicyclic) bond motifs is 1. The Labute approximate surface area is 182 Å². The number of pyridine rings is 1. The number of ether oxygens (including phenoxy) is 1. The summed E-state index contributed by atoms with van der Waals surface area (Å²) in [7, 11) is 1.68. The average Bonchev–Trinajstić information content (AvgIpc) is 3.25. The van der Waals surface area contributed by atoms with Crippen LogP contribution < -0.4 is 20.3 Å². The standard InChI is InChI=1S/C24H28FN5O/c1-3-26-24(29-20-10-12-30(16-20)23-22(25)5-4-11-27-23)28-15-17-6-7-19-14-21(31-2)9-8-18(19)13-17/h4-9,11,13-14,20H,3,10,12,15-16H2,1-2H3,(H2,26,28,29). The smallest absolute Gasteiger partial charge is 0.191 e. The highest BCUT2D eigenvalue weighted by atomic mass is 19.1. The van der Waals surface area contributed by atoms with Crippen molar-refractivity contribution in [2.75, 3.05) is 31.6 Å². The highest BCUT2D eigenvalue weighted by Gasteiger charge is 2.25. The molecule has 1 unspecified atom stereocenters. The maximum absolute atomic E-state index is 14.0. The van der Waals surface area contributed by atoms with Crippen LogP contribution in [0.2, 0.25) is 0 Å². The summed E-state index contributed by atoms with van der Waals surface area (Å²) in [5, 5.41) is 9.11. The minimum atomic E-state index is -0.280. The van der Waals surface area contributed by atoms with Crippen LogP contribution in [0.15, 0.2) is 59.7 Å². The first-order valence-electron chi connectivity index (χ1n) is 10.6. The molecule has 7 heteroatoms. The summed E-state index contributed by atoms with van der Waals surface area (Å²) in [6.45, 7) is 4.84. The number of benzene rings is 2. The van der Waals surface area contributed by atoms with Crippen LogP contribution in [0.4, 0.5) is 10.2 Å². The molecule has 1 aliphatic rings. The highest BCUT2D eigenvalue weighted by Crippen LogP contribution is 2.23. The molecule has 1 aliphatic heterocycles. The lowest BCUT2D eigenvalue weighted by Crippen LogP contribution is -2.44. The fourth-order valence-corrected chi connectivity index (χ4v) is 3.86. The van der Waals surface area contributed by atoms with Gasteiger partial charge in [0, 0.05) is 31.9 Å². The van der Waals surface area contributed by atoms with E-state index in [1.165, 1.54) is 6.07 Å². The van der Waals surface area contributed by atoms with Gasteiger partial charge in [-0.15, -0.1) is 0 Å². The second-order valence-corrected chi connectivity index (χ2v) is 7.63. The molecular formula is C24H28FN5O. The van der Waals surface area contributed by atoms with Gasteiger partial charge in [0.25, 0.3) is 0 Å². The van der Waals surface area contributed by atoms with E-state index in [1.54, 1.807) is 19.4 Å². The fraction of sp³-hybridized carbons (Fsp3) is 0.333. The second kappa shape index (κ2) is 9.64. The fourth-order valence-electron chi connectivity index (χ4n) is 3.86. The maximum atomic E-state index is 14.0. The van der Waals surface area contributed by atoms with E-state index in [1.807, 2.05) is 24.0 Å². The maximum Gasteiger partial charge on any atom is 0.191 e. The number of aromatic nitrogens is 1. The van der Waals surface area contributed by atoms with Crippen molar-refractivity contribution in [1.82, 2.24) is 15.6 Å². The molecule has 1 fully saturated rings. The van der Waals surface area contributed by atoms with Crippen LogP contribution in [-0.4, -0.2) is 43.7 Å². The lowest BCUT2D eigenvalue weighted by atomic mass is 10.1. The van der Waals surface area contributed by atoms with Crippen LogP contribution >= 0.6 is 0 Å². The summed E-state index contributed by atoms with van der Waals surface area (Å²) in [4.78, 5) is 10.9. The number of aliphatic imine (C=N–C) groups is 1. The Kier molecular flexibility index (Phi) is 6.50. The van der Waals surface area contributed by atoms with Crippen LogP contribution in [0.1, 0.15) is 18.9 Å². The van der Waals surface area contributed by atoms with Crippen molar-refractivity contribution in [3.63, 3.8) is 0 Å². The van der Waals surface area contributed by atoms with Gasteiger partial charge >= 0.3 is 0 Å². The topological polar surface area (TPSA) is 61.8 Å². The van der Waals surface area contributed by atoms with Gasteiger partial charge in [0.1, 0.15) is 5.75 Å². The van der Waals surface area contributed by atoms with E-state index in [0.29, 0.717) is 18.9 Å². The largest absolute Gasteiger partial charge is 0.497 e. The van der Waals surface area contributed by atoms with Gasteiger partial charge in [0.2, 0.25) is 0 Å². The summed E-state index contributed by atoms with van der Waals surface area (Å²) >= 11 is 0. The molecule has 0 amide bonds. The number of hydrogen-bond acceptors (Lipinski definition) is 4. The quantitative estimate of drug-likeness (QED) is 0.469. The molecule has 1 aromatic heterocycles. The summed E-state index contributed by atoms with van der Waals surface area (Å²) in [6, 6.07) is 15.7. The molecule has 1 saturated heterocycles. The number of nitrogens with zero attached hydrogens (tertiary/aromatic N) is 3. The molecule has 0 aliphatic carbocycles. The zero-order chi connectivity index (χ0) is 21.6. The Morgan fingerprint density at radius 3 is 2.87 bits per heavy atom. The number of guanidine groups is 1. The van der Waals surface area contributed by atoms with Crippen LogP contribution in [0.3, 0.4) is 0 Å². The number of nitrogens with one attached hydrogen (secondary N) is 2. The second-order valence-electron chi connectivity index (χ2n) is 7.63. The van der Waals surface area contributed by atoms with Crippen molar-refractivity contribution in [3.05, 3.63) is 66.1 Å². The monoisotopic (exact) mass is 421 g/mol. The Balaban J connectivity index is 1.42. The number of halogens is 1. The minimum Gasteiger partial charge on any atom is -0.497 e. The predicted octanol–water partition coefficient (Wildman–Crippen LogP) is 3.72. The normalized spacial score (nSPS) is 16.5. The molecule has 6 nitrogen and oxygen atoms in total. The van der Waals surface area contributed by atoms with Gasteiger partial charge in [-0.3, -0.25) is 0 Å². The van der Waals surface area contributed by atoms with E-state index in [4.69, 9.17) is 9.73 Å². The Bertz CT molecular complexity index is 1070. The number of methoxy groups -OCH3 is 1. The van der Waals surface area contributed by atoms with Gasteiger partial charge in [0.05, 0.1) is 13.7 Å². The first kappa shape index (κ1) is 20.9. The van der Waals surface area contributed by atoms with Crippen LogP contribution in [-0.2, 0) is 6.54 Å². The average molecular weight is 422 g/mol. The van der Waals surface area contributed by atoms with Crippen LogP contribution in [0.5, 0.6) is 5.75 Å². The van der Waals surface area contributed by atoms with Crippen molar-refractivity contribution < 1.29 is 9.13 Å². The van der Waals surface area contributed by atoms with Crippen molar-refractivity contribution in [1.29, 1.82) is 0 Å². The van der Waals surface area contributed by atoms with Crippen LogP contribution in [0.25, 0.3) is 10.8 Å². The van der Waals surface area contributed by atoms with Crippen molar-refractivity contribution in [2.24, 2.45) is 4.99 Å². The third-order valence-corrected chi connectivity index (χ3v) is 5.44. The Morgan fingerprint density at radius 1 is 1.23 bits per heavy atom. The first-order valence-corrected chi connectivity index (χ1v) is 10.6. The minimum absolute atomic E-state index is 0.184. The zero-order valence-electron chi connectivity index (χ0n) is 17.9. The van der Waals surface area contributed by atoms with Crippen LogP contribution in [0, 0.1) is 5.82 Å². The molecule has 0 spiro atoms. The Morgan fingerprint density at radius 2 is 2.06 bits per heavy atom. The molecule has 0 saturated carbocycles. The SMILES string of the molecule is CCNC(=NCc1ccc2cc(OC)ccc2c1)NC1CCN(c2ncccc2F)C1. The molecule has 0 bridgehead atoms. The zero-order valence-corrected chi connectivity index (χ0v) is 17.9. The van der Waals surface area contributed by atoms with Gasteiger partial charge in [-0.25, -0.2) is 14.4 Å². The molecule has 2 N–H and O–H groups in total. The molecule has 162 valence electrons. The summed E-state index contributed by atoms with van der Waals surface area (Å²) < 4.78 is 19.3. The molecule has 2 heterocycles.